The summed E-state index contributed by atoms with van der Waals surface area (Å²) in [4.78, 5) is 14.7. The predicted octanol–water partition coefficient (Wildman–Crippen LogP) is 4.15. The van der Waals surface area contributed by atoms with Crippen LogP contribution < -0.4 is 20.1 Å². The maximum Gasteiger partial charge on any atom is 0.321 e. The number of urea groups is 1. The highest BCUT2D eigenvalue weighted by atomic mass is 16.7. The van der Waals surface area contributed by atoms with Gasteiger partial charge in [-0.2, -0.15) is 0 Å². The van der Waals surface area contributed by atoms with Crippen LogP contribution in [0.3, 0.4) is 0 Å². The van der Waals surface area contributed by atoms with E-state index < -0.39 is 0 Å². The van der Waals surface area contributed by atoms with Crippen LogP contribution in [0, 0.1) is 0 Å². The minimum absolute atomic E-state index is 0.0877. The lowest BCUT2D eigenvalue weighted by molar-refractivity contribution is 0.174. The van der Waals surface area contributed by atoms with Gasteiger partial charge in [-0.15, -0.1) is 0 Å². The molecule has 7 heteroatoms. The smallest absolute Gasteiger partial charge is 0.321 e. The number of likely N-dealkylation sites (tertiary alicyclic amines) is 1. The molecule has 1 aromatic heterocycles. The molecule has 0 saturated carbocycles. The summed E-state index contributed by atoms with van der Waals surface area (Å²) < 4.78 is 13.0. The number of piperidine rings is 1. The Hall–Kier alpha value is -3.61. The summed E-state index contributed by atoms with van der Waals surface area (Å²) in [6.45, 7) is 1.58. The number of para-hydroxylation sites is 2. The lowest BCUT2D eigenvalue weighted by Crippen LogP contribution is -2.51. The van der Waals surface area contributed by atoms with Gasteiger partial charge in [-0.05, 0) is 49.2 Å². The highest BCUT2D eigenvalue weighted by Gasteiger charge is 2.42. The van der Waals surface area contributed by atoms with E-state index in [-0.39, 0.29) is 18.4 Å². The third kappa shape index (κ3) is 2.62. The maximum atomic E-state index is 12.8. The average Bonchev–Trinajstić information content (AvgIpc) is 3.44. The summed E-state index contributed by atoms with van der Waals surface area (Å²) in [6, 6.07) is 18.0. The van der Waals surface area contributed by atoms with Crippen LogP contribution in [0.4, 0.5) is 16.2 Å². The van der Waals surface area contributed by atoms with Gasteiger partial charge in [0, 0.05) is 36.7 Å². The van der Waals surface area contributed by atoms with Crippen molar-refractivity contribution in [1.29, 1.82) is 0 Å². The number of hydrogen-bond acceptors (Lipinski definition) is 4. The maximum absolute atomic E-state index is 12.8. The predicted molar refractivity (Wildman–Crippen MR) is 113 cm³/mol. The van der Waals surface area contributed by atoms with Crippen LogP contribution >= 0.6 is 0 Å². The Morgan fingerprint density at radius 2 is 1.83 bits per heavy atom. The molecule has 3 aliphatic heterocycles. The Labute approximate surface area is 174 Å². The molecule has 6 rings (SSSR count). The first-order chi connectivity index (χ1) is 14.7. The number of fused-ring (bicyclic) bond motifs is 5. The lowest BCUT2D eigenvalue weighted by Gasteiger charge is -2.46. The van der Waals surface area contributed by atoms with Crippen molar-refractivity contribution in [2.75, 3.05) is 30.5 Å². The second kappa shape index (κ2) is 6.45. The molecule has 0 radical (unpaired) electrons. The molecule has 0 atom stereocenters. The fourth-order valence-electron chi connectivity index (χ4n) is 4.74. The van der Waals surface area contributed by atoms with E-state index in [1.807, 2.05) is 17.0 Å². The summed E-state index contributed by atoms with van der Waals surface area (Å²) in [5.74, 6) is 1.37. The van der Waals surface area contributed by atoms with Gasteiger partial charge in [0.15, 0.2) is 11.5 Å². The lowest BCUT2D eigenvalue weighted by atomic mass is 9.82. The fourth-order valence-corrected chi connectivity index (χ4v) is 4.74. The number of aromatic nitrogens is 1. The molecule has 30 heavy (non-hydrogen) atoms. The quantitative estimate of drug-likeness (QED) is 0.642. The summed E-state index contributed by atoms with van der Waals surface area (Å²) in [6.07, 6.45) is 3.81. The third-order valence-corrected chi connectivity index (χ3v) is 6.30. The topological polar surface area (TPSA) is 67.8 Å². The molecule has 152 valence electrons. The minimum atomic E-state index is -0.159. The Morgan fingerprint density at radius 3 is 2.73 bits per heavy atom. The number of hydrogen-bond donors (Lipinski definition) is 2. The van der Waals surface area contributed by atoms with Gasteiger partial charge in [0.25, 0.3) is 0 Å². The Bertz CT molecular complexity index is 1130. The zero-order valence-electron chi connectivity index (χ0n) is 16.4. The van der Waals surface area contributed by atoms with Crippen LogP contribution in [0.25, 0.3) is 5.69 Å². The molecule has 1 saturated heterocycles. The molecule has 2 N–H and O–H groups in total. The molecule has 3 aromatic rings. The number of nitrogens with one attached hydrogen (secondary N) is 2. The molecule has 2 aromatic carbocycles. The fraction of sp³-hybridized carbons (Fsp3) is 0.261. The van der Waals surface area contributed by atoms with Gasteiger partial charge in [-0.3, -0.25) is 0 Å². The molecule has 7 nitrogen and oxygen atoms in total. The molecule has 4 heterocycles. The second-order valence-corrected chi connectivity index (χ2v) is 7.97. The van der Waals surface area contributed by atoms with Gasteiger partial charge in [-0.25, -0.2) is 4.79 Å². The van der Waals surface area contributed by atoms with Crippen molar-refractivity contribution in [3.05, 3.63) is 66.5 Å². The van der Waals surface area contributed by atoms with Crippen LogP contribution in [0.2, 0.25) is 0 Å². The first kappa shape index (κ1) is 17.3. The molecule has 0 unspecified atom stereocenters. The average molecular weight is 402 g/mol. The number of anilines is 2. The number of nitrogens with zero attached hydrogens (tertiary/aromatic N) is 2. The Balaban J connectivity index is 1.19. The van der Waals surface area contributed by atoms with Gasteiger partial charge in [0.05, 0.1) is 16.9 Å². The molecule has 3 aliphatic rings. The molecule has 0 aliphatic carbocycles. The van der Waals surface area contributed by atoms with E-state index in [1.54, 1.807) is 6.07 Å². The minimum Gasteiger partial charge on any atom is -0.454 e. The Kier molecular flexibility index (Phi) is 3.71. The van der Waals surface area contributed by atoms with Crippen molar-refractivity contribution >= 4 is 17.4 Å². The SMILES string of the molecule is O=C(Nc1ccc2c(c1)OCO2)N1CCC2(CC1)Nc1ccccc1-n1cccc12. The van der Waals surface area contributed by atoms with Gasteiger partial charge < -0.3 is 29.6 Å². The molecular weight excluding hydrogens is 380 g/mol. The van der Waals surface area contributed by atoms with Crippen molar-refractivity contribution in [2.24, 2.45) is 0 Å². The van der Waals surface area contributed by atoms with E-state index in [9.17, 15) is 4.79 Å². The molecule has 1 fully saturated rings. The van der Waals surface area contributed by atoms with Gasteiger partial charge in [0.2, 0.25) is 6.79 Å². The third-order valence-electron chi connectivity index (χ3n) is 6.30. The number of carbonyl (C=O) groups is 1. The molecule has 2 amide bonds. The zero-order valence-corrected chi connectivity index (χ0v) is 16.4. The normalized spacial score (nSPS) is 17.8. The monoisotopic (exact) mass is 402 g/mol. The standard InChI is InChI=1S/C23H22N4O3/c28-22(24-16-7-8-19-20(14-16)30-15-29-19)26-12-9-23(10-13-26)21-6-3-11-27(21)18-5-2-1-4-17(18)25-23/h1-8,11,14,25H,9-10,12-13,15H2,(H,24,28). The van der Waals surface area contributed by atoms with Crippen molar-refractivity contribution in [3.63, 3.8) is 0 Å². The van der Waals surface area contributed by atoms with E-state index in [2.05, 4.69) is 57.8 Å². The van der Waals surface area contributed by atoms with E-state index >= 15 is 0 Å². The van der Waals surface area contributed by atoms with Crippen LogP contribution in [0.5, 0.6) is 11.5 Å². The van der Waals surface area contributed by atoms with Gasteiger partial charge in [-0.1, -0.05) is 12.1 Å². The van der Waals surface area contributed by atoms with E-state index in [0.29, 0.717) is 30.3 Å². The summed E-state index contributed by atoms with van der Waals surface area (Å²) in [7, 11) is 0. The number of rotatable bonds is 1. The molecule has 1 spiro atoms. The highest BCUT2D eigenvalue weighted by molar-refractivity contribution is 5.90. The first-order valence-corrected chi connectivity index (χ1v) is 10.2. The van der Waals surface area contributed by atoms with Gasteiger partial charge in [0.1, 0.15) is 0 Å². The summed E-state index contributed by atoms with van der Waals surface area (Å²) >= 11 is 0. The van der Waals surface area contributed by atoms with E-state index in [0.717, 1.165) is 18.5 Å². The Morgan fingerprint density at radius 1 is 1.00 bits per heavy atom. The number of amides is 2. The largest absolute Gasteiger partial charge is 0.454 e. The van der Waals surface area contributed by atoms with Crippen molar-refractivity contribution < 1.29 is 14.3 Å². The summed E-state index contributed by atoms with van der Waals surface area (Å²) in [5.41, 5.74) is 4.12. The summed E-state index contributed by atoms with van der Waals surface area (Å²) in [5, 5.41) is 6.77. The van der Waals surface area contributed by atoms with E-state index in [1.165, 1.54) is 11.4 Å². The van der Waals surface area contributed by atoms with Crippen molar-refractivity contribution in [1.82, 2.24) is 9.47 Å². The number of carbonyl (C=O) groups excluding carboxylic acids is 1. The molecule has 0 bridgehead atoms. The van der Waals surface area contributed by atoms with Crippen molar-refractivity contribution in [2.45, 2.75) is 18.4 Å². The van der Waals surface area contributed by atoms with Gasteiger partial charge >= 0.3 is 6.03 Å². The second-order valence-electron chi connectivity index (χ2n) is 7.97. The van der Waals surface area contributed by atoms with Crippen LogP contribution in [-0.2, 0) is 5.54 Å². The number of benzene rings is 2. The van der Waals surface area contributed by atoms with Crippen LogP contribution in [-0.4, -0.2) is 35.4 Å². The van der Waals surface area contributed by atoms with Crippen LogP contribution in [0.1, 0.15) is 18.5 Å². The van der Waals surface area contributed by atoms with Crippen molar-refractivity contribution in [3.8, 4) is 17.2 Å². The van der Waals surface area contributed by atoms with E-state index in [4.69, 9.17) is 9.47 Å². The highest BCUT2D eigenvalue weighted by Crippen LogP contribution is 2.43. The zero-order chi connectivity index (χ0) is 20.1. The molecular formula is C23H22N4O3. The van der Waals surface area contributed by atoms with Crippen LogP contribution in [0.15, 0.2) is 60.8 Å². The first-order valence-electron chi connectivity index (χ1n) is 10.2. The number of ether oxygens (including phenoxy) is 2.